The summed E-state index contributed by atoms with van der Waals surface area (Å²) in [5.41, 5.74) is 2.47. The van der Waals surface area contributed by atoms with E-state index in [0.717, 1.165) is 35.3 Å². The Kier molecular flexibility index (Phi) is 5.96. The summed E-state index contributed by atoms with van der Waals surface area (Å²) in [7, 11) is 1.36. The summed E-state index contributed by atoms with van der Waals surface area (Å²) in [6.45, 7) is 2.07. The van der Waals surface area contributed by atoms with Crippen LogP contribution in [0.15, 0.2) is 24.3 Å². The number of hydrogen-bond donors (Lipinski definition) is 2. The number of nitrogens with one attached hydrogen (secondary N) is 2. The summed E-state index contributed by atoms with van der Waals surface area (Å²) in [4.78, 5) is 25.7. The van der Waals surface area contributed by atoms with Gasteiger partial charge in [0.15, 0.2) is 0 Å². The average Bonchev–Trinajstić information content (AvgIpc) is 3.20. The molecule has 0 bridgehead atoms. The Hall–Kier alpha value is -1.89. The Morgan fingerprint density at radius 2 is 2.08 bits per heavy atom. The molecule has 1 heterocycles. The maximum absolute atomic E-state index is 12.4. The molecule has 7 heteroatoms. The zero-order valence-electron chi connectivity index (χ0n) is 14.7. The highest BCUT2D eigenvalue weighted by atomic mass is 35.5. The minimum absolute atomic E-state index is 0.0668. The summed E-state index contributed by atoms with van der Waals surface area (Å²) in [5.74, 6) is -0.592. The molecule has 1 aliphatic rings. The fourth-order valence-electron chi connectivity index (χ4n) is 3.16. The highest BCUT2D eigenvalue weighted by molar-refractivity contribution is 7.17. The molecule has 0 unspecified atom stereocenters. The van der Waals surface area contributed by atoms with Crippen LogP contribution < -0.4 is 10.6 Å². The Morgan fingerprint density at radius 3 is 2.81 bits per heavy atom. The molecule has 26 heavy (non-hydrogen) atoms. The molecule has 0 aliphatic heterocycles. The van der Waals surface area contributed by atoms with Gasteiger partial charge in [-0.25, -0.2) is 4.79 Å². The molecule has 0 fully saturated rings. The van der Waals surface area contributed by atoms with Gasteiger partial charge in [0.2, 0.25) is 5.91 Å². The molecule has 1 aliphatic carbocycles. The van der Waals surface area contributed by atoms with E-state index in [1.807, 2.05) is 31.2 Å². The van der Waals surface area contributed by atoms with Crippen LogP contribution in [0.3, 0.4) is 0 Å². The van der Waals surface area contributed by atoms with Crippen LogP contribution >= 0.6 is 22.9 Å². The number of anilines is 1. The van der Waals surface area contributed by atoms with Gasteiger partial charge in [-0.1, -0.05) is 29.8 Å². The SMILES string of the molecule is COC(=O)c1c(NC(=O)CN[C@@H](C)c2ccccc2Cl)sc2c1CCC2. The van der Waals surface area contributed by atoms with E-state index in [2.05, 4.69) is 10.6 Å². The van der Waals surface area contributed by atoms with Crippen LogP contribution in [0.25, 0.3) is 0 Å². The molecule has 0 saturated heterocycles. The van der Waals surface area contributed by atoms with Crippen molar-refractivity contribution in [2.75, 3.05) is 19.0 Å². The van der Waals surface area contributed by atoms with Crippen LogP contribution in [-0.4, -0.2) is 25.5 Å². The van der Waals surface area contributed by atoms with Crippen LogP contribution in [0.1, 0.15) is 45.7 Å². The van der Waals surface area contributed by atoms with Crippen molar-refractivity contribution in [1.29, 1.82) is 0 Å². The predicted molar refractivity (Wildman–Crippen MR) is 104 cm³/mol. The molecule has 5 nitrogen and oxygen atoms in total. The van der Waals surface area contributed by atoms with E-state index in [0.29, 0.717) is 15.6 Å². The number of fused-ring (bicyclic) bond motifs is 1. The number of carbonyl (C=O) groups is 2. The minimum atomic E-state index is -0.392. The lowest BCUT2D eigenvalue weighted by Gasteiger charge is -2.15. The standard InChI is InChI=1S/C19H21ClN2O3S/c1-11(12-6-3-4-8-14(12)20)21-10-16(23)22-18-17(19(24)25-2)13-7-5-9-15(13)26-18/h3-4,6,8,11,21H,5,7,9-10H2,1-2H3,(H,22,23)/t11-/m0/s1. The van der Waals surface area contributed by atoms with Crippen molar-refractivity contribution in [3.05, 3.63) is 50.9 Å². The Balaban J connectivity index is 1.66. The number of methoxy groups -OCH3 is 1. The highest BCUT2D eigenvalue weighted by Crippen LogP contribution is 2.39. The Labute approximate surface area is 161 Å². The fourth-order valence-corrected chi connectivity index (χ4v) is 4.76. The molecule has 1 atom stereocenters. The third kappa shape index (κ3) is 3.92. The van der Waals surface area contributed by atoms with Gasteiger partial charge in [0.1, 0.15) is 5.00 Å². The van der Waals surface area contributed by atoms with Crippen LogP contribution in [0.2, 0.25) is 5.02 Å². The van der Waals surface area contributed by atoms with E-state index in [4.69, 9.17) is 16.3 Å². The first-order chi connectivity index (χ1) is 12.5. The highest BCUT2D eigenvalue weighted by Gasteiger charge is 2.28. The maximum Gasteiger partial charge on any atom is 0.341 e. The van der Waals surface area contributed by atoms with E-state index in [1.165, 1.54) is 18.4 Å². The van der Waals surface area contributed by atoms with Gasteiger partial charge in [0.05, 0.1) is 19.2 Å². The van der Waals surface area contributed by atoms with Crippen LogP contribution in [-0.2, 0) is 22.4 Å². The second-order valence-corrected chi connectivity index (χ2v) is 7.74. The number of hydrogen-bond acceptors (Lipinski definition) is 5. The van der Waals surface area contributed by atoms with E-state index < -0.39 is 5.97 Å². The molecule has 3 rings (SSSR count). The normalized spacial score (nSPS) is 14.0. The number of benzene rings is 1. The van der Waals surface area contributed by atoms with Crippen molar-refractivity contribution >= 4 is 39.8 Å². The Bertz CT molecular complexity index is 834. The molecule has 1 aromatic carbocycles. The molecule has 1 aromatic heterocycles. The van der Waals surface area contributed by atoms with Crippen LogP contribution in [0.4, 0.5) is 5.00 Å². The predicted octanol–water partition coefficient (Wildman–Crippen LogP) is 3.97. The first kappa shape index (κ1) is 18.9. The van der Waals surface area contributed by atoms with Crippen LogP contribution in [0.5, 0.6) is 0 Å². The van der Waals surface area contributed by atoms with Crippen molar-refractivity contribution in [1.82, 2.24) is 5.32 Å². The largest absolute Gasteiger partial charge is 0.465 e. The zero-order chi connectivity index (χ0) is 18.7. The van der Waals surface area contributed by atoms with Gasteiger partial charge in [-0.2, -0.15) is 0 Å². The number of rotatable bonds is 6. The maximum atomic E-state index is 12.4. The summed E-state index contributed by atoms with van der Waals surface area (Å²) in [6, 6.07) is 7.47. The van der Waals surface area contributed by atoms with Crippen molar-refractivity contribution in [3.63, 3.8) is 0 Å². The lowest BCUT2D eigenvalue weighted by molar-refractivity contribution is -0.115. The van der Waals surface area contributed by atoms with E-state index in [9.17, 15) is 9.59 Å². The molecule has 0 spiro atoms. The number of carbonyl (C=O) groups excluding carboxylic acids is 2. The number of amides is 1. The van der Waals surface area contributed by atoms with Crippen molar-refractivity contribution in [2.24, 2.45) is 0 Å². The van der Waals surface area contributed by atoms with Gasteiger partial charge in [0.25, 0.3) is 0 Å². The lowest BCUT2D eigenvalue weighted by Crippen LogP contribution is -2.30. The molecular formula is C19H21ClN2O3S. The van der Waals surface area contributed by atoms with Crippen molar-refractivity contribution in [3.8, 4) is 0 Å². The third-order valence-electron chi connectivity index (χ3n) is 4.50. The number of ether oxygens (including phenoxy) is 1. The second kappa shape index (κ2) is 8.20. The Morgan fingerprint density at radius 1 is 1.31 bits per heavy atom. The first-order valence-electron chi connectivity index (χ1n) is 8.51. The quantitative estimate of drug-likeness (QED) is 0.730. The molecular weight excluding hydrogens is 372 g/mol. The fraction of sp³-hybridized carbons (Fsp3) is 0.368. The number of esters is 1. The molecule has 2 N–H and O–H groups in total. The lowest BCUT2D eigenvalue weighted by atomic mass is 10.1. The van der Waals surface area contributed by atoms with Gasteiger partial charge in [-0.05, 0) is 43.4 Å². The van der Waals surface area contributed by atoms with Gasteiger partial charge in [-0.3, -0.25) is 4.79 Å². The molecule has 0 saturated carbocycles. The van der Waals surface area contributed by atoms with Gasteiger partial charge in [-0.15, -0.1) is 11.3 Å². The van der Waals surface area contributed by atoms with Crippen molar-refractivity contribution < 1.29 is 14.3 Å². The molecule has 138 valence electrons. The zero-order valence-corrected chi connectivity index (χ0v) is 16.3. The van der Waals surface area contributed by atoms with Gasteiger partial charge >= 0.3 is 5.97 Å². The van der Waals surface area contributed by atoms with Gasteiger partial charge < -0.3 is 15.4 Å². The van der Waals surface area contributed by atoms with Gasteiger partial charge in [0, 0.05) is 15.9 Å². The summed E-state index contributed by atoms with van der Waals surface area (Å²) >= 11 is 7.66. The first-order valence-corrected chi connectivity index (χ1v) is 9.71. The van der Waals surface area contributed by atoms with E-state index in [1.54, 1.807) is 0 Å². The average molecular weight is 393 g/mol. The monoisotopic (exact) mass is 392 g/mol. The van der Waals surface area contributed by atoms with E-state index in [-0.39, 0.29) is 18.5 Å². The van der Waals surface area contributed by atoms with Crippen molar-refractivity contribution in [2.45, 2.75) is 32.2 Å². The summed E-state index contributed by atoms with van der Waals surface area (Å²) < 4.78 is 4.90. The number of halogens is 1. The summed E-state index contributed by atoms with van der Waals surface area (Å²) in [5, 5.41) is 7.27. The molecule has 1 amide bonds. The summed E-state index contributed by atoms with van der Waals surface area (Å²) in [6.07, 6.45) is 2.84. The minimum Gasteiger partial charge on any atom is -0.465 e. The molecule has 0 radical (unpaired) electrons. The number of thiophene rings is 1. The molecule has 2 aromatic rings. The van der Waals surface area contributed by atoms with Crippen LogP contribution in [0, 0.1) is 0 Å². The smallest absolute Gasteiger partial charge is 0.341 e. The number of aryl methyl sites for hydroxylation is 1. The third-order valence-corrected chi connectivity index (χ3v) is 6.06. The van der Waals surface area contributed by atoms with E-state index >= 15 is 0 Å². The topological polar surface area (TPSA) is 67.4 Å². The second-order valence-electron chi connectivity index (χ2n) is 6.23.